The Morgan fingerprint density at radius 2 is 1.86 bits per heavy atom. The van der Waals surface area contributed by atoms with Crippen molar-refractivity contribution in [3.8, 4) is 0 Å². The Bertz CT molecular complexity index is 809. The van der Waals surface area contributed by atoms with Crippen LogP contribution in [-0.2, 0) is 11.2 Å². The number of morpholine rings is 1. The molecule has 8 heteroatoms. The Morgan fingerprint density at radius 1 is 1.14 bits per heavy atom. The quantitative estimate of drug-likeness (QED) is 0.711. The van der Waals surface area contributed by atoms with Gasteiger partial charge in [0.15, 0.2) is 0 Å². The lowest BCUT2D eigenvalue weighted by Gasteiger charge is -2.26. The molecule has 0 aliphatic carbocycles. The maximum Gasteiger partial charge on any atom is 0.255 e. The molecule has 154 valence electrons. The highest BCUT2D eigenvalue weighted by atomic mass is 16.5. The van der Waals surface area contributed by atoms with Crippen LogP contribution >= 0.6 is 0 Å². The first-order valence-corrected chi connectivity index (χ1v) is 9.81. The van der Waals surface area contributed by atoms with E-state index in [9.17, 15) is 9.59 Å². The number of carbonyl (C=O) groups excluding carboxylic acids is 2. The summed E-state index contributed by atoms with van der Waals surface area (Å²) in [5.74, 6) is -0.380. The van der Waals surface area contributed by atoms with Gasteiger partial charge in [0, 0.05) is 64.6 Å². The number of pyridine rings is 2. The molecule has 8 nitrogen and oxygen atoms in total. The molecular weight excluding hydrogens is 370 g/mol. The summed E-state index contributed by atoms with van der Waals surface area (Å²) in [5, 5.41) is 2.90. The summed E-state index contributed by atoms with van der Waals surface area (Å²) in [5.41, 5.74) is 1.91. The van der Waals surface area contributed by atoms with Gasteiger partial charge in [0.25, 0.3) is 11.8 Å². The van der Waals surface area contributed by atoms with Crippen LogP contribution in [-0.4, -0.2) is 84.6 Å². The molecule has 1 fully saturated rings. The van der Waals surface area contributed by atoms with E-state index in [0.29, 0.717) is 24.2 Å². The Labute approximate surface area is 170 Å². The lowest BCUT2D eigenvalue weighted by atomic mass is 10.1. The number of aromatic nitrogens is 2. The van der Waals surface area contributed by atoms with Crippen LogP contribution in [0.4, 0.5) is 0 Å². The average molecular weight is 397 g/mol. The molecule has 0 aromatic carbocycles. The minimum absolute atomic E-state index is 0.158. The first kappa shape index (κ1) is 20.9. The fraction of sp³-hybridized carbons (Fsp3) is 0.429. The Hall–Kier alpha value is -2.84. The topological polar surface area (TPSA) is 87.7 Å². The first-order chi connectivity index (χ1) is 14.1. The van der Waals surface area contributed by atoms with Crippen LogP contribution in [0.1, 0.15) is 26.3 Å². The molecule has 0 spiro atoms. The van der Waals surface area contributed by atoms with E-state index in [2.05, 4.69) is 20.2 Å². The van der Waals surface area contributed by atoms with Crippen molar-refractivity contribution in [3.05, 3.63) is 59.7 Å². The number of hydrogen-bond donors (Lipinski definition) is 1. The summed E-state index contributed by atoms with van der Waals surface area (Å²) in [6.07, 6.45) is 7.19. The van der Waals surface area contributed by atoms with E-state index in [4.69, 9.17) is 4.74 Å². The van der Waals surface area contributed by atoms with Crippen LogP contribution in [0.25, 0.3) is 0 Å². The second kappa shape index (κ2) is 10.6. The summed E-state index contributed by atoms with van der Waals surface area (Å²) >= 11 is 0. The molecule has 1 aliphatic heterocycles. The van der Waals surface area contributed by atoms with Crippen molar-refractivity contribution in [2.45, 2.75) is 6.42 Å². The molecule has 2 aromatic heterocycles. The van der Waals surface area contributed by atoms with Crippen molar-refractivity contribution in [2.75, 3.05) is 53.0 Å². The summed E-state index contributed by atoms with van der Waals surface area (Å²) in [6.45, 7) is 5.12. The number of nitrogens with one attached hydrogen (secondary N) is 1. The van der Waals surface area contributed by atoms with Gasteiger partial charge in [0.2, 0.25) is 0 Å². The van der Waals surface area contributed by atoms with Gasteiger partial charge >= 0.3 is 0 Å². The molecule has 1 aliphatic rings. The zero-order valence-electron chi connectivity index (χ0n) is 16.7. The van der Waals surface area contributed by atoms with Gasteiger partial charge < -0.3 is 15.0 Å². The maximum atomic E-state index is 12.7. The van der Waals surface area contributed by atoms with E-state index in [1.807, 2.05) is 12.1 Å². The van der Waals surface area contributed by atoms with E-state index < -0.39 is 0 Å². The zero-order chi connectivity index (χ0) is 20.5. The van der Waals surface area contributed by atoms with Crippen molar-refractivity contribution >= 4 is 11.8 Å². The predicted octanol–water partition coefficient (Wildman–Crippen LogP) is 0.853. The molecular formula is C21H27N5O3. The number of amides is 2. The number of hydrogen-bond acceptors (Lipinski definition) is 6. The van der Waals surface area contributed by atoms with Gasteiger partial charge in [0.1, 0.15) is 0 Å². The lowest BCUT2D eigenvalue weighted by Crippen LogP contribution is -2.41. The molecule has 29 heavy (non-hydrogen) atoms. The summed E-state index contributed by atoms with van der Waals surface area (Å²) in [6, 6.07) is 5.46. The van der Waals surface area contributed by atoms with Crippen LogP contribution in [0.3, 0.4) is 0 Å². The summed E-state index contributed by atoms with van der Waals surface area (Å²) in [7, 11) is 1.75. The number of ether oxygens (including phenoxy) is 1. The van der Waals surface area contributed by atoms with Crippen LogP contribution in [0.5, 0.6) is 0 Å². The maximum absolute atomic E-state index is 12.7. The number of rotatable bonds is 8. The smallest absolute Gasteiger partial charge is 0.255 e. The van der Waals surface area contributed by atoms with Gasteiger partial charge in [-0.2, -0.15) is 0 Å². The minimum Gasteiger partial charge on any atom is -0.379 e. The standard InChI is InChI=1S/C21H27N5O3/c1-25(8-4-17-2-5-22-6-3-17)21(28)19-14-18(15-23-16-19)20(27)24-7-9-26-10-12-29-13-11-26/h2-3,5-6,14-16H,4,7-13H2,1H3,(H,24,27). The monoisotopic (exact) mass is 397 g/mol. The first-order valence-electron chi connectivity index (χ1n) is 9.81. The molecule has 0 unspecified atom stereocenters. The molecule has 3 rings (SSSR count). The van der Waals surface area contributed by atoms with E-state index in [1.165, 1.54) is 12.4 Å². The third kappa shape index (κ3) is 6.33. The SMILES string of the molecule is CN(CCc1ccncc1)C(=O)c1cncc(C(=O)NCCN2CCOCC2)c1. The van der Waals surface area contributed by atoms with Crippen LogP contribution in [0.15, 0.2) is 43.0 Å². The second-order valence-electron chi connectivity index (χ2n) is 7.00. The van der Waals surface area contributed by atoms with Gasteiger partial charge in [-0.25, -0.2) is 0 Å². The molecule has 1 saturated heterocycles. The van der Waals surface area contributed by atoms with E-state index in [1.54, 1.807) is 30.4 Å². The van der Waals surface area contributed by atoms with Crippen molar-refractivity contribution in [1.29, 1.82) is 0 Å². The minimum atomic E-state index is -0.222. The molecule has 0 saturated carbocycles. The third-order valence-corrected chi connectivity index (χ3v) is 4.90. The van der Waals surface area contributed by atoms with Crippen LogP contribution in [0.2, 0.25) is 0 Å². The van der Waals surface area contributed by atoms with Crippen molar-refractivity contribution in [2.24, 2.45) is 0 Å². The van der Waals surface area contributed by atoms with E-state index in [0.717, 1.165) is 44.8 Å². The van der Waals surface area contributed by atoms with Gasteiger partial charge in [0.05, 0.1) is 24.3 Å². The van der Waals surface area contributed by atoms with Gasteiger partial charge in [-0.15, -0.1) is 0 Å². The third-order valence-electron chi connectivity index (χ3n) is 4.90. The second-order valence-corrected chi connectivity index (χ2v) is 7.00. The molecule has 2 aromatic rings. The van der Waals surface area contributed by atoms with Crippen molar-refractivity contribution in [3.63, 3.8) is 0 Å². The molecule has 0 atom stereocenters. The Morgan fingerprint density at radius 3 is 2.62 bits per heavy atom. The number of nitrogens with zero attached hydrogens (tertiary/aromatic N) is 4. The van der Waals surface area contributed by atoms with Gasteiger partial charge in [-0.05, 0) is 30.2 Å². The Balaban J connectivity index is 1.50. The zero-order valence-corrected chi connectivity index (χ0v) is 16.7. The average Bonchev–Trinajstić information content (AvgIpc) is 2.78. The largest absolute Gasteiger partial charge is 0.379 e. The molecule has 0 radical (unpaired) electrons. The summed E-state index contributed by atoms with van der Waals surface area (Å²) in [4.78, 5) is 37.1. The lowest BCUT2D eigenvalue weighted by molar-refractivity contribution is 0.0383. The fourth-order valence-corrected chi connectivity index (χ4v) is 3.10. The molecule has 1 N–H and O–H groups in total. The van der Waals surface area contributed by atoms with Crippen molar-refractivity contribution in [1.82, 2.24) is 25.1 Å². The van der Waals surface area contributed by atoms with Gasteiger partial charge in [-0.1, -0.05) is 0 Å². The fourth-order valence-electron chi connectivity index (χ4n) is 3.10. The normalized spacial score (nSPS) is 14.4. The van der Waals surface area contributed by atoms with Crippen LogP contribution < -0.4 is 5.32 Å². The van der Waals surface area contributed by atoms with Crippen molar-refractivity contribution < 1.29 is 14.3 Å². The Kier molecular flexibility index (Phi) is 7.66. The molecule has 2 amide bonds. The van der Waals surface area contributed by atoms with Crippen LogP contribution in [0, 0.1) is 0 Å². The van der Waals surface area contributed by atoms with Gasteiger partial charge in [-0.3, -0.25) is 24.5 Å². The summed E-state index contributed by atoms with van der Waals surface area (Å²) < 4.78 is 5.32. The number of carbonyl (C=O) groups is 2. The predicted molar refractivity (Wildman–Crippen MR) is 109 cm³/mol. The highest BCUT2D eigenvalue weighted by molar-refractivity contribution is 5.99. The highest BCUT2D eigenvalue weighted by Crippen LogP contribution is 2.08. The number of likely N-dealkylation sites (N-methyl/N-ethyl adjacent to an activating group) is 1. The molecule has 3 heterocycles. The highest BCUT2D eigenvalue weighted by Gasteiger charge is 2.15. The van der Waals surface area contributed by atoms with E-state index >= 15 is 0 Å². The van der Waals surface area contributed by atoms with E-state index in [-0.39, 0.29) is 11.8 Å². The molecule has 0 bridgehead atoms.